The summed E-state index contributed by atoms with van der Waals surface area (Å²) in [7, 11) is -3.62. The first-order valence-electron chi connectivity index (χ1n) is 6.01. The van der Waals surface area contributed by atoms with Crippen LogP contribution in [0.4, 0.5) is 0 Å². The second-order valence-electron chi connectivity index (χ2n) is 5.55. The molecule has 1 heterocycles. The maximum Gasteiger partial charge on any atom is 0.250 e. The third kappa shape index (κ3) is 4.85. The van der Waals surface area contributed by atoms with Crippen molar-refractivity contribution < 1.29 is 18.6 Å². The van der Waals surface area contributed by atoms with E-state index in [0.29, 0.717) is 0 Å². The van der Waals surface area contributed by atoms with Crippen LogP contribution in [0.3, 0.4) is 0 Å². The van der Waals surface area contributed by atoms with Gasteiger partial charge in [0.25, 0.3) is 0 Å². The Morgan fingerprint density at radius 1 is 1.42 bits per heavy atom. The molecule has 0 fully saturated rings. The number of aliphatic hydroxyl groups is 2. The Morgan fingerprint density at radius 3 is 2.47 bits per heavy atom. The fourth-order valence-corrected chi connectivity index (χ4v) is 3.73. The highest BCUT2D eigenvalue weighted by Crippen LogP contribution is 2.23. The highest BCUT2D eigenvalue weighted by molar-refractivity contribution is 7.91. The molecule has 0 bridgehead atoms. The average molecular weight is 307 g/mol. The predicted molar refractivity (Wildman–Crippen MR) is 75.6 cm³/mol. The van der Waals surface area contributed by atoms with Crippen LogP contribution in [0.15, 0.2) is 21.7 Å². The minimum Gasteiger partial charge on any atom is -0.395 e. The number of rotatable bonds is 6. The molecule has 0 unspecified atom stereocenters. The number of hydrogen-bond acceptors (Lipinski definition) is 5. The molecule has 110 valence electrons. The van der Waals surface area contributed by atoms with Crippen molar-refractivity contribution in [3.05, 3.63) is 17.5 Å². The Hall–Kier alpha value is -0.470. The number of hydrogen-bond donors (Lipinski definition) is 3. The molecule has 3 N–H and O–H groups in total. The van der Waals surface area contributed by atoms with Gasteiger partial charge in [-0.15, -0.1) is 11.3 Å². The quantitative estimate of drug-likeness (QED) is 0.736. The van der Waals surface area contributed by atoms with Gasteiger partial charge in [0.05, 0.1) is 12.7 Å². The van der Waals surface area contributed by atoms with Gasteiger partial charge in [0.1, 0.15) is 4.21 Å². The first-order chi connectivity index (χ1) is 8.66. The smallest absolute Gasteiger partial charge is 0.250 e. The van der Waals surface area contributed by atoms with Crippen LogP contribution in [-0.2, 0) is 10.0 Å². The van der Waals surface area contributed by atoms with Crippen molar-refractivity contribution >= 4 is 21.4 Å². The third-order valence-electron chi connectivity index (χ3n) is 2.81. The fourth-order valence-electron chi connectivity index (χ4n) is 1.48. The third-order valence-corrected chi connectivity index (χ3v) is 5.73. The lowest BCUT2D eigenvalue weighted by molar-refractivity contribution is 0.0420. The molecule has 19 heavy (non-hydrogen) atoms. The maximum atomic E-state index is 12.0. The van der Waals surface area contributed by atoms with E-state index in [0.717, 1.165) is 11.3 Å². The van der Waals surface area contributed by atoms with Gasteiger partial charge in [-0.2, -0.15) is 0 Å². The molecule has 0 radical (unpaired) electrons. The zero-order chi connectivity index (χ0) is 14.7. The van der Waals surface area contributed by atoms with Crippen molar-refractivity contribution in [2.24, 2.45) is 5.41 Å². The van der Waals surface area contributed by atoms with Crippen LogP contribution in [0.5, 0.6) is 0 Å². The van der Waals surface area contributed by atoms with Crippen molar-refractivity contribution in [2.75, 3.05) is 6.61 Å². The van der Waals surface area contributed by atoms with Gasteiger partial charge in [-0.25, -0.2) is 13.1 Å². The Kier molecular flexibility index (Phi) is 5.52. The molecule has 0 aliphatic rings. The molecule has 7 heteroatoms. The predicted octanol–water partition coefficient (Wildman–Crippen LogP) is 1.18. The fraction of sp³-hybridized carbons (Fsp3) is 0.667. The lowest BCUT2D eigenvalue weighted by Gasteiger charge is -2.29. The van der Waals surface area contributed by atoms with Crippen molar-refractivity contribution in [1.82, 2.24) is 4.72 Å². The van der Waals surface area contributed by atoms with Crippen LogP contribution in [0.2, 0.25) is 0 Å². The molecule has 0 amide bonds. The Balaban J connectivity index is 2.73. The van der Waals surface area contributed by atoms with Crippen LogP contribution in [0, 0.1) is 5.41 Å². The standard InChI is InChI=1S/C12H21NO4S2/c1-12(2,3)10(15)7-9(8-14)13-19(16,17)11-5-4-6-18-11/h4-6,9-10,13-15H,7-8H2,1-3H3/t9-,10-/m0/s1. The maximum absolute atomic E-state index is 12.0. The summed E-state index contributed by atoms with van der Waals surface area (Å²) in [6, 6.07) is 2.46. The average Bonchev–Trinajstić information content (AvgIpc) is 2.80. The van der Waals surface area contributed by atoms with E-state index in [1.807, 2.05) is 20.8 Å². The van der Waals surface area contributed by atoms with Gasteiger partial charge in [0, 0.05) is 6.04 Å². The highest BCUT2D eigenvalue weighted by Gasteiger charge is 2.28. The van der Waals surface area contributed by atoms with E-state index in [4.69, 9.17) is 0 Å². The lowest BCUT2D eigenvalue weighted by atomic mass is 9.86. The van der Waals surface area contributed by atoms with E-state index in [1.54, 1.807) is 11.4 Å². The van der Waals surface area contributed by atoms with Gasteiger partial charge in [-0.1, -0.05) is 26.8 Å². The van der Waals surface area contributed by atoms with Crippen LogP contribution in [0.1, 0.15) is 27.2 Å². The number of sulfonamides is 1. The van der Waals surface area contributed by atoms with E-state index in [2.05, 4.69) is 4.72 Å². The topological polar surface area (TPSA) is 86.6 Å². The summed E-state index contributed by atoms with van der Waals surface area (Å²) in [5, 5.41) is 20.9. The SMILES string of the molecule is CC(C)(C)[C@@H](O)C[C@@H](CO)NS(=O)(=O)c1cccs1. The molecule has 1 aromatic heterocycles. The minimum absolute atomic E-state index is 0.171. The van der Waals surface area contributed by atoms with Crippen molar-refractivity contribution in [2.45, 2.75) is 43.5 Å². The molecule has 2 atom stereocenters. The summed E-state index contributed by atoms with van der Waals surface area (Å²) in [6.07, 6.45) is -0.527. The van der Waals surface area contributed by atoms with E-state index >= 15 is 0 Å². The molecule has 0 saturated carbocycles. The molecular weight excluding hydrogens is 286 g/mol. The summed E-state index contributed by atoms with van der Waals surface area (Å²) in [6.45, 7) is 5.23. The minimum atomic E-state index is -3.62. The summed E-state index contributed by atoms with van der Waals surface area (Å²) >= 11 is 1.11. The second-order valence-corrected chi connectivity index (χ2v) is 8.44. The molecular formula is C12H21NO4S2. The van der Waals surface area contributed by atoms with Crippen LogP contribution in [-0.4, -0.2) is 37.4 Å². The van der Waals surface area contributed by atoms with E-state index in [1.165, 1.54) is 6.07 Å². The summed E-state index contributed by atoms with van der Waals surface area (Å²) < 4.78 is 26.6. The zero-order valence-corrected chi connectivity index (χ0v) is 13.0. The first kappa shape index (κ1) is 16.6. The summed E-state index contributed by atoms with van der Waals surface area (Å²) in [5.74, 6) is 0. The van der Waals surface area contributed by atoms with Gasteiger partial charge < -0.3 is 10.2 Å². The molecule has 1 aromatic rings. The Bertz CT molecular complexity index is 476. The van der Waals surface area contributed by atoms with Crippen LogP contribution < -0.4 is 4.72 Å². The zero-order valence-electron chi connectivity index (χ0n) is 11.3. The number of aliphatic hydroxyl groups excluding tert-OH is 2. The van der Waals surface area contributed by atoms with Crippen molar-refractivity contribution in [3.63, 3.8) is 0 Å². The van der Waals surface area contributed by atoms with E-state index in [-0.39, 0.29) is 22.7 Å². The van der Waals surface area contributed by atoms with E-state index in [9.17, 15) is 18.6 Å². The number of nitrogens with one attached hydrogen (secondary N) is 1. The van der Waals surface area contributed by atoms with Gasteiger partial charge in [-0.05, 0) is 23.3 Å². The van der Waals surface area contributed by atoms with Gasteiger partial charge in [0.2, 0.25) is 10.0 Å². The molecule has 0 aliphatic heterocycles. The van der Waals surface area contributed by atoms with Crippen molar-refractivity contribution in [1.29, 1.82) is 0 Å². The molecule has 0 saturated heterocycles. The monoisotopic (exact) mass is 307 g/mol. The molecule has 0 aromatic carbocycles. The molecule has 1 rings (SSSR count). The van der Waals surface area contributed by atoms with E-state index < -0.39 is 22.2 Å². The van der Waals surface area contributed by atoms with Gasteiger partial charge in [-0.3, -0.25) is 0 Å². The molecule has 0 aliphatic carbocycles. The van der Waals surface area contributed by atoms with Gasteiger partial charge >= 0.3 is 0 Å². The van der Waals surface area contributed by atoms with Crippen LogP contribution in [0.25, 0.3) is 0 Å². The van der Waals surface area contributed by atoms with Gasteiger partial charge in [0.15, 0.2) is 0 Å². The summed E-state index contributed by atoms with van der Waals surface area (Å²) in [4.78, 5) is 0. The largest absolute Gasteiger partial charge is 0.395 e. The normalized spacial score (nSPS) is 16.3. The number of thiophene rings is 1. The van der Waals surface area contributed by atoms with Crippen molar-refractivity contribution in [3.8, 4) is 0 Å². The molecule has 0 spiro atoms. The second kappa shape index (κ2) is 6.32. The first-order valence-corrected chi connectivity index (χ1v) is 8.38. The Labute approximate surface area is 118 Å². The van der Waals surface area contributed by atoms with Crippen LogP contribution >= 0.6 is 11.3 Å². The Morgan fingerprint density at radius 2 is 2.05 bits per heavy atom. The summed E-state index contributed by atoms with van der Waals surface area (Å²) in [5.41, 5.74) is -0.359. The lowest BCUT2D eigenvalue weighted by Crippen LogP contribution is -2.42. The highest BCUT2D eigenvalue weighted by atomic mass is 32.2. The molecule has 5 nitrogen and oxygen atoms in total.